The number of rotatable bonds is 11. The van der Waals surface area contributed by atoms with Gasteiger partial charge in [0.25, 0.3) is 0 Å². The van der Waals surface area contributed by atoms with Gasteiger partial charge < -0.3 is 9.84 Å². The van der Waals surface area contributed by atoms with E-state index in [2.05, 4.69) is 25.3 Å². The number of hydrogen-bond donors (Lipinski definition) is 1. The highest BCUT2D eigenvalue weighted by molar-refractivity contribution is 5.43. The van der Waals surface area contributed by atoms with Crippen LogP contribution in [-0.2, 0) is 6.54 Å². The van der Waals surface area contributed by atoms with Crippen molar-refractivity contribution in [3.8, 4) is 17.3 Å². The van der Waals surface area contributed by atoms with Crippen molar-refractivity contribution >= 4 is 0 Å². The molecule has 0 aliphatic heterocycles. The molecule has 0 saturated heterocycles. The first-order valence-electron chi connectivity index (χ1n) is 11.0. The Morgan fingerprint density at radius 1 is 1.19 bits per heavy atom. The number of nitrogens with zero attached hydrogens (tertiary/aromatic N) is 3. The lowest BCUT2D eigenvalue weighted by Crippen LogP contribution is -2.37. The lowest BCUT2D eigenvalue weighted by Gasteiger charge is -2.29. The fourth-order valence-corrected chi connectivity index (χ4v) is 3.54. The van der Waals surface area contributed by atoms with Crippen LogP contribution in [0.5, 0.6) is 11.6 Å². The number of aliphatic hydroxyl groups is 1. The van der Waals surface area contributed by atoms with E-state index in [1.54, 1.807) is 16.8 Å². The summed E-state index contributed by atoms with van der Waals surface area (Å²) in [6, 6.07) is 16.0. The molecule has 1 N–H and O–H groups in total. The highest BCUT2D eigenvalue weighted by atomic mass is 19.1. The van der Waals surface area contributed by atoms with Crippen LogP contribution in [0.1, 0.15) is 37.9 Å². The fourth-order valence-electron chi connectivity index (χ4n) is 3.54. The van der Waals surface area contributed by atoms with E-state index in [0.717, 1.165) is 23.4 Å². The van der Waals surface area contributed by atoms with Crippen LogP contribution in [0.25, 0.3) is 5.69 Å². The van der Waals surface area contributed by atoms with Crippen LogP contribution in [0.4, 0.5) is 4.39 Å². The minimum absolute atomic E-state index is 0.204. The van der Waals surface area contributed by atoms with Crippen molar-refractivity contribution in [1.82, 2.24) is 14.7 Å². The molecular formula is C26H32FN3O2. The van der Waals surface area contributed by atoms with E-state index in [4.69, 9.17) is 9.84 Å². The molecule has 0 fully saturated rings. The summed E-state index contributed by atoms with van der Waals surface area (Å²) < 4.78 is 21.8. The lowest BCUT2D eigenvalue weighted by molar-refractivity contribution is 0.0849. The molecule has 1 atom stereocenters. The Labute approximate surface area is 189 Å². The summed E-state index contributed by atoms with van der Waals surface area (Å²) in [5, 5.41) is 15.2. The largest absolute Gasteiger partial charge is 0.438 e. The standard InChI is InChI=1S/C26H32FN3O2/c1-5-6-14-23(31)17-29(19(2)3)18-25-20(4)28-30(22-12-8-7-9-13-22)26(25)32-24-15-10-11-21(27)16-24/h5,7-13,15-16,19,23,31H,1,6,14,17-18H2,2-4H3/t23-/m1/s1. The van der Waals surface area contributed by atoms with Crippen LogP contribution < -0.4 is 4.74 Å². The number of aromatic nitrogens is 2. The summed E-state index contributed by atoms with van der Waals surface area (Å²) in [6.45, 7) is 11.0. The molecule has 6 heteroatoms. The first-order valence-corrected chi connectivity index (χ1v) is 11.0. The van der Waals surface area contributed by atoms with E-state index < -0.39 is 6.10 Å². The number of halogens is 1. The molecule has 0 aliphatic carbocycles. The molecule has 0 unspecified atom stereocenters. The minimum Gasteiger partial charge on any atom is -0.438 e. The Kier molecular flexibility index (Phi) is 8.20. The third kappa shape index (κ3) is 6.05. The molecule has 170 valence electrons. The average molecular weight is 438 g/mol. The van der Waals surface area contributed by atoms with E-state index in [0.29, 0.717) is 31.1 Å². The zero-order valence-electron chi connectivity index (χ0n) is 19.0. The lowest BCUT2D eigenvalue weighted by atomic mass is 10.1. The average Bonchev–Trinajstić information content (AvgIpc) is 3.07. The summed E-state index contributed by atoms with van der Waals surface area (Å²) in [5.74, 6) is 0.594. The molecule has 2 aromatic carbocycles. The van der Waals surface area contributed by atoms with E-state index >= 15 is 0 Å². The molecule has 0 amide bonds. The maximum absolute atomic E-state index is 13.8. The predicted octanol–water partition coefficient (Wildman–Crippen LogP) is 5.65. The summed E-state index contributed by atoms with van der Waals surface area (Å²) >= 11 is 0. The molecule has 0 radical (unpaired) electrons. The Hall–Kier alpha value is -2.96. The van der Waals surface area contributed by atoms with Crippen LogP contribution in [0.3, 0.4) is 0 Å². The second-order valence-electron chi connectivity index (χ2n) is 8.22. The van der Waals surface area contributed by atoms with Gasteiger partial charge in [0.05, 0.1) is 23.0 Å². The van der Waals surface area contributed by atoms with Gasteiger partial charge in [0.15, 0.2) is 0 Å². The number of aliphatic hydroxyl groups excluding tert-OH is 1. The molecule has 0 aliphatic rings. The zero-order valence-corrected chi connectivity index (χ0v) is 19.0. The highest BCUT2D eigenvalue weighted by Crippen LogP contribution is 2.32. The van der Waals surface area contributed by atoms with Gasteiger partial charge in [-0.2, -0.15) is 5.10 Å². The van der Waals surface area contributed by atoms with Crippen molar-refractivity contribution in [2.45, 2.75) is 52.3 Å². The van der Waals surface area contributed by atoms with Crippen molar-refractivity contribution in [2.24, 2.45) is 0 Å². The third-order valence-corrected chi connectivity index (χ3v) is 5.39. The molecule has 1 aromatic heterocycles. The topological polar surface area (TPSA) is 50.5 Å². The summed E-state index contributed by atoms with van der Waals surface area (Å²) in [5.41, 5.74) is 2.59. The van der Waals surface area contributed by atoms with Crippen molar-refractivity contribution in [3.63, 3.8) is 0 Å². The van der Waals surface area contributed by atoms with Gasteiger partial charge in [-0.05, 0) is 57.9 Å². The van der Waals surface area contributed by atoms with E-state index in [1.807, 2.05) is 43.3 Å². The van der Waals surface area contributed by atoms with E-state index in [-0.39, 0.29) is 11.9 Å². The fraction of sp³-hybridized carbons (Fsp3) is 0.346. The molecule has 0 spiro atoms. The van der Waals surface area contributed by atoms with Crippen molar-refractivity contribution in [2.75, 3.05) is 6.54 Å². The minimum atomic E-state index is -0.451. The number of allylic oxidation sites excluding steroid dienone is 1. The van der Waals surface area contributed by atoms with Crippen LogP contribution in [0.15, 0.2) is 67.3 Å². The van der Waals surface area contributed by atoms with E-state index in [9.17, 15) is 9.50 Å². The third-order valence-electron chi connectivity index (χ3n) is 5.39. The van der Waals surface area contributed by atoms with Gasteiger partial charge in [0.1, 0.15) is 11.6 Å². The molecule has 1 heterocycles. The zero-order chi connectivity index (χ0) is 23.1. The second kappa shape index (κ2) is 11.1. The van der Waals surface area contributed by atoms with Gasteiger partial charge >= 0.3 is 0 Å². The van der Waals surface area contributed by atoms with E-state index in [1.165, 1.54) is 12.1 Å². The van der Waals surface area contributed by atoms with Crippen LogP contribution >= 0.6 is 0 Å². The molecule has 3 rings (SSSR count). The van der Waals surface area contributed by atoms with Gasteiger partial charge in [-0.3, -0.25) is 4.90 Å². The quantitative estimate of drug-likeness (QED) is 0.394. The Morgan fingerprint density at radius 3 is 2.59 bits per heavy atom. The van der Waals surface area contributed by atoms with Gasteiger partial charge in [-0.15, -0.1) is 6.58 Å². The maximum Gasteiger partial charge on any atom is 0.227 e. The Morgan fingerprint density at radius 2 is 1.94 bits per heavy atom. The molecular weight excluding hydrogens is 405 g/mol. The summed E-state index contributed by atoms with van der Waals surface area (Å²) in [7, 11) is 0. The monoisotopic (exact) mass is 437 g/mol. The summed E-state index contributed by atoms with van der Waals surface area (Å²) in [4.78, 5) is 2.20. The van der Waals surface area contributed by atoms with Gasteiger partial charge in [0, 0.05) is 25.2 Å². The molecule has 5 nitrogen and oxygen atoms in total. The Bertz CT molecular complexity index is 1020. The molecule has 3 aromatic rings. The van der Waals surface area contributed by atoms with Gasteiger partial charge in [-0.25, -0.2) is 9.07 Å². The number of benzene rings is 2. The number of aryl methyl sites for hydroxylation is 1. The van der Waals surface area contributed by atoms with Gasteiger partial charge in [0.2, 0.25) is 5.88 Å². The van der Waals surface area contributed by atoms with Crippen LogP contribution in [0, 0.1) is 12.7 Å². The maximum atomic E-state index is 13.8. The molecule has 0 saturated carbocycles. The van der Waals surface area contributed by atoms with Crippen LogP contribution in [-0.4, -0.2) is 38.5 Å². The first kappa shape index (κ1) is 23.7. The predicted molar refractivity (Wildman–Crippen MR) is 126 cm³/mol. The number of para-hydroxylation sites is 1. The van der Waals surface area contributed by atoms with Gasteiger partial charge in [-0.1, -0.05) is 30.3 Å². The summed E-state index contributed by atoms with van der Waals surface area (Å²) in [6.07, 6.45) is 2.81. The number of ether oxygens (including phenoxy) is 1. The van der Waals surface area contributed by atoms with Crippen molar-refractivity contribution in [1.29, 1.82) is 0 Å². The number of hydrogen-bond acceptors (Lipinski definition) is 4. The van der Waals surface area contributed by atoms with Crippen molar-refractivity contribution in [3.05, 3.63) is 84.3 Å². The Balaban J connectivity index is 1.98. The van der Waals surface area contributed by atoms with Crippen molar-refractivity contribution < 1.29 is 14.2 Å². The highest BCUT2D eigenvalue weighted by Gasteiger charge is 2.23. The smallest absolute Gasteiger partial charge is 0.227 e. The first-order chi connectivity index (χ1) is 15.4. The normalized spacial score (nSPS) is 12.3. The van der Waals surface area contributed by atoms with Crippen LogP contribution in [0.2, 0.25) is 0 Å². The second-order valence-corrected chi connectivity index (χ2v) is 8.22. The molecule has 32 heavy (non-hydrogen) atoms. The molecule has 0 bridgehead atoms. The SMILES string of the molecule is C=CCC[C@@H](O)CN(Cc1c(C)nn(-c2ccccc2)c1Oc1cccc(F)c1)C(C)C.